The van der Waals surface area contributed by atoms with Crippen molar-refractivity contribution in [1.29, 1.82) is 0 Å². The summed E-state index contributed by atoms with van der Waals surface area (Å²) in [6.45, 7) is 12.6. The number of rotatable bonds is 6. The van der Waals surface area contributed by atoms with Crippen LogP contribution < -0.4 is 4.74 Å². The molecule has 6 heteroatoms. The summed E-state index contributed by atoms with van der Waals surface area (Å²) in [6, 6.07) is 2.90. The Bertz CT molecular complexity index is 960. The van der Waals surface area contributed by atoms with Gasteiger partial charge in [-0.2, -0.15) is 0 Å². The first kappa shape index (κ1) is 24.7. The highest BCUT2D eigenvalue weighted by Crippen LogP contribution is 2.58. The molecule has 32 heavy (non-hydrogen) atoms. The number of carbonyl (C=O) groups is 3. The highest BCUT2D eigenvalue weighted by Gasteiger charge is 2.58. The summed E-state index contributed by atoms with van der Waals surface area (Å²) in [5.41, 5.74) is 1.99. The number of esters is 1. The molecule has 0 heterocycles. The maximum absolute atomic E-state index is 13.7. The normalized spacial score (nSPS) is 27.4. The summed E-state index contributed by atoms with van der Waals surface area (Å²) >= 11 is 0. The molecule has 1 aromatic rings. The van der Waals surface area contributed by atoms with Crippen LogP contribution in [0.3, 0.4) is 0 Å². The van der Waals surface area contributed by atoms with Crippen molar-refractivity contribution in [1.82, 2.24) is 0 Å². The average molecular weight is 459 g/mol. The van der Waals surface area contributed by atoms with Crippen LogP contribution in [0, 0.1) is 11.3 Å². The van der Waals surface area contributed by atoms with Crippen LogP contribution in [0.4, 0.5) is 0 Å². The molecule has 0 aromatic heterocycles. The molecule has 176 valence electrons. The molecule has 0 spiro atoms. The number of methoxy groups -OCH3 is 2. The number of benzene rings is 1. The quantitative estimate of drug-likeness (QED) is 0.315. The summed E-state index contributed by atoms with van der Waals surface area (Å²) in [5, 5.41) is 0. The Labute approximate surface area is 193 Å². The van der Waals surface area contributed by atoms with E-state index in [0.29, 0.717) is 36.1 Å². The van der Waals surface area contributed by atoms with E-state index >= 15 is 0 Å². The Kier molecular flexibility index (Phi) is 6.51. The maximum atomic E-state index is 13.7. The first-order valence-corrected chi connectivity index (χ1v) is 15.4. The zero-order chi connectivity index (χ0) is 24.1. The molecule has 0 aliphatic heterocycles. The standard InChI is InChI=1S/C26H38O5Si/c1-16(27)22-17(10-13-32(6,7)8)23-18(14-20(22)30-4)25(2)11-9-12-26(3,24(29)31-5)21(25)15-19(23)28/h14,21H,9-13,15H2,1-8H3/t21-,25-,26+/m1/s1. The molecular formula is C26H38O5Si. The maximum Gasteiger partial charge on any atom is 0.311 e. The molecule has 0 amide bonds. The van der Waals surface area contributed by atoms with Crippen LogP contribution in [0.2, 0.25) is 25.7 Å². The smallest absolute Gasteiger partial charge is 0.311 e. The van der Waals surface area contributed by atoms with Gasteiger partial charge in [0.1, 0.15) is 5.75 Å². The number of hydrogen-bond acceptors (Lipinski definition) is 5. The van der Waals surface area contributed by atoms with Crippen molar-refractivity contribution in [2.75, 3.05) is 14.2 Å². The Hall–Kier alpha value is -1.95. The second-order valence-corrected chi connectivity index (χ2v) is 17.0. The molecule has 0 saturated heterocycles. The number of fused-ring (bicyclic) bond motifs is 3. The van der Waals surface area contributed by atoms with Crippen LogP contribution in [0.25, 0.3) is 0 Å². The molecule has 3 rings (SSSR count). The molecule has 5 nitrogen and oxygen atoms in total. The van der Waals surface area contributed by atoms with Gasteiger partial charge in [0.15, 0.2) is 11.6 Å². The van der Waals surface area contributed by atoms with Crippen molar-refractivity contribution in [3.63, 3.8) is 0 Å². The second-order valence-electron chi connectivity index (χ2n) is 11.3. The number of carbonyl (C=O) groups excluding carboxylic acids is 3. The summed E-state index contributed by atoms with van der Waals surface area (Å²) in [4.78, 5) is 39.3. The van der Waals surface area contributed by atoms with E-state index in [0.717, 1.165) is 30.0 Å². The van der Waals surface area contributed by atoms with Gasteiger partial charge in [0.05, 0.1) is 25.2 Å². The van der Waals surface area contributed by atoms with Gasteiger partial charge >= 0.3 is 5.97 Å². The molecule has 0 N–H and O–H groups in total. The third kappa shape index (κ3) is 3.95. The highest BCUT2D eigenvalue weighted by molar-refractivity contribution is 6.76. The molecule has 1 fully saturated rings. The lowest BCUT2D eigenvalue weighted by Gasteiger charge is -2.53. The third-order valence-corrected chi connectivity index (χ3v) is 9.71. The van der Waals surface area contributed by atoms with Crippen LogP contribution in [-0.2, 0) is 21.4 Å². The third-order valence-electron chi connectivity index (χ3n) is 7.96. The Morgan fingerprint density at radius 3 is 2.34 bits per heavy atom. The summed E-state index contributed by atoms with van der Waals surface area (Å²) in [7, 11) is 1.60. The van der Waals surface area contributed by atoms with Crippen LogP contribution in [0.15, 0.2) is 6.07 Å². The first-order chi connectivity index (χ1) is 14.8. The SMILES string of the molecule is COC(=O)[C@@]1(C)CCC[C@]2(C)c3cc(OC)c(C(C)=O)c(CC[Si](C)(C)C)c3C(=O)C[C@@H]12. The summed E-state index contributed by atoms with van der Waals surface area (Å²) in [5.74, 6) is 0.125. The molecule has 3 atom stereocenters. The number of ether oxygens (including phenoxy) is 2. The van der Waals surface area contributed by atoms with E-state index in [1.807, 2.05) is 13.0 Å². The van der Waals surface area contributed by atoms with Gasteiger partial charge in [-0.1, -0.05) is 39.0 Å². The number of Topliss-reactive ketones (excluding diaryl/α,β-unsaturated/α-hetero) is 2. The van der Waals surface area contributed by atoms with Gasteiger partial charge in [0, 0.05) is 20.1 Å². The molecule has 0 radical (unpaired) electrons. The molecule has 1 aromatic carbocycles. The van der Waals surface area contributed by atoms with Crippen LogP contribution in [-0.4, -0.2) is 39.8 Å². The monoisotopic (exact) mass is 458 g/mol. The lowest BCUT2D eigenvalue weighted by molar-refractivity contribution is -0.160. The Balaban J connectivity index is 2.29. The van der Waals surface area contributed by atoms with Gasteiger partial charge in [-0.15, -0.1) is 0 Å². The fourth-order valence-electron chi connectivity index (χ4n) is 6.19. The van der Waals surface area contributed by atoms with Crippen molar-refractivity contribution in [3.8, 4) is 5.75 Å². The van der Waals surface area contributed by atoms with Crippen LogP contribution >= 0.6 is 0 Å². The van der Waals surface area contributed by atoms with Gasteiger partial charge in [0.25, 0.3) is 0 Å². The van der Waals surface area contributed by atoms with Gasteiger partial charge in [-0.3, -0.25) is 14.4 Å². The first-order valence-electron chi connectivity index (χ1n) is 11.7. The van der Waals surface area contributed by atoms with Crippen molar-refractivity contribution in [3.05, 3.63) is 28.3 Å². The van der Waals surface area contributed by atoms with E-state index in [1.165, 1.54) is 7.11 Å². The van der Waals surface area contributed by atoms with Crippen LogP contribution in [0.5, 0.6) is 5.75 Å². The molecule has 0 bridgehead atoms. The van der Waals surface area contributed by atoms with E-state index in [2.05, 4.69) is 26.6 Å². The minimum Gasteiger partial charge on any atom is -0.496 e. The van der Waals surface area contributed by atoms with Crippen LogP contribution in [0.1, 0.15) is 78.3 Å². The highest BCUT2D eigenvalue weighted by atomic mass is 28.3. The fraction of sp³-hybridized carbons (Fsp3) is 0.654. The van der Waals surface area contributed by atoms with Crippen molar-refractivity contribution in [2.24, 2.45) is 11.3 Å². The molecule has 1 saturated carbocycles. The predicted molar refractivity (Wildman–Crippen MR) is 129 cm³/mol. The van der Waals surface area contributed by atoms with Crippen molar-refractivity contribution in [2.45, 2.75) is 84.0 Å². The largest absolute Gasteiger partial charge is 0.496 e. The van der Waals surface area contributed by atoms with Crippen molar-refractivity contribution < 1.29 is 23.9 Å². The Morgan fingerprint density at radius 1 is 1.16 bits per heavy atom. The molecule has 2 aliphatic rings. The van der Waals surface area contributed by atoms with E-state index in [1.54, 1.807) is 14.0 Å². The minimum absolute atomic E-state index is 0.0373. The zero-order valence-electron chi connectivity index (χ0n) is 20.9. The average Bonchev–Trinajstić information content (AvgIpc) is 2.71. The van der Waals surface area contributed by atoms with E-state index in [4.69, 9.17) is 9.47 Å². The lowest BCUT2D eigenvalue weighted by Crippen LogP contribution is -2.54. The Morgan fingerprint density at radius 2 is 1.81 bits per heavy atom. The molecule has 2 aliphatic carbocycles. The summed E-state index contributed by atoms with van der Waals surface area (Å²) in [6.07, 6.45) is 3.49. The number of hydrogen-bond donors (Lipinski definition) is 0. The van der Waals surface area contributed by atoms with Gasteiger partial charge in [0.2, 0.25) is 0 Å². The van der Waals surface area contributed by atoms with E-state index < -0.39 is 13.5 Å². The summed E-state index contributed by atoms with van der Waals surface area (Å²) < 4.78 is 10.9. The fourth-order valence-corrected chi connectivity index (χ4v) is 7.19. The lowest BCUT2D eigenvalue weighted by atomic mass is 9.49. The van der Waals surface area contributed by atoms with E-state index in [9.17, 15) is 14.4 Å². The van der Waals surface area contributed by atoms with Gasteiger partial charge in [-0.05, 0) is 61.6 Å². The van der Waals surface area contributed by atoms with E-state index in [-0.39, 0.29) is 28.9 Å². The minimum atomic E-state index is -1.41. The topological polar surface area (TPSA) is 69.7 Å². The van der Waals surface area contributed by atoms with Gasteiger partial charge < -0.3 is 9.47 Å². The van der Waals surface area contributed by atoms with Crippen molar-refractivity contribution >= 4 is 25.6 Å². The predicted octanol–water partition coefficient (Wildman–Crippen LogP) is 5.60. The number of ketones is 2. The molecular weight excluding hydrogens is 420 g/mol. The second kappa shape index (κ2) is 8.43. The zero-order valence-corrected chi connectivity index (χ0v) is 21.9. The molecule has 0 unspecified atom stereocenters. The van der Waals surface area contributed by atoms with Gasteiger partial charge in [-0.25, -0.2) is 0 Å².